The summed E-state index contributed by atoms with van der Waals surface area (Å²) in [5.41, 5.74) is 3.19. The third kappa shape index (κ3) is 2.57. The van der Waals surface area contributed by atoms with E-state index in [0.29, 0.717) is 17.9 Å². The summed E-state index contributed by atoms with van der Waals surface area (Å²) in [4.78, 5) is 4.74. The van der Waals surface area contributed by atoms with Gasteiger partial charge in [0.05, 0.1) is 17.7 Å². The van der Waals surface area contributed by atoms with Crippen LogP contribution in [0.15, 0.2) is 0 Å². The molecule has 6 heteroatoms. The Morgan fingerprint density at radius 2 is 2.24 bits per heavy atom. The highest BCUT2D eigenvalue weighted by atomic mass is 35.5. The Morgan fingerprint density at radius 1 is 1.43 bits per heavy atom. The number of imidazole rings is 1. The molecule has 1 aliphatic heterocycles. The molecule has 3 heterocycles. The fourth-order valence-corrected chi connectivity index (χ4v) is 3.44. The Kier molecular flexibility index (Phi) is 4.22. The first-order valence-electron chi connectivity index (χ1n) is 7.74. The van der Waals surface area contributed by atoms with Crippen LogP contribution in [0.4, 0.5) is 0 Å². The molecule has 3 rings (SSSR count). The average Bonchev–Trinajstić information content (AvgIpc) is 3.10. The van der Waals surface area contributed by atoms with Crippen LogP contribution in [0.2, 0.25) is 0 Å². The second kappa shape index (κ2) is 5.97. The van der Waals surface area contributed by atoms with Gasteiger partial charge < -0.3 is 9.30 Å². The smallest absolute Gasteiger partial charge is 0.158 e. The van der Waals surface area contributed by atoms with Gasteiger partial charge in [0.25, 0.3) is 0 Å². The van der Waals surface area contributed by atoms with Crippen LogP contribution in [-0.2, 0) is 30.6 Å². The summed E-state index contributed by atoms with van der Waals surface area (Å²) in [6.45, 7) is 6.08. The number of ether oxygens (including phenoxy) is 1. The lowest BCUT2D eigenvalue weighted by atomic mass is 10.0. The van der Waals surface area contributed by atoms with E-state index >= 15 is 0 Å². The summed E-state index contributed by atoms with van der Waals surface area (Å²) in [5.74, 6) is 1.90. The van der Waals surface area contributed by atoms with Gasteiger partial charge in [-0.25, -0.2) is 4.98 Å². The maximum Gasteiger partial charge on any atom is 0.158 e. The zero-order valence-corrected chi connectivity index (χ0v) is 13.7. The maximum absolute atomic E-state index is 6.12. The van der Waals surface area contributed by atoms with E-state index in [4.69, 9.17) is 21.3 Å². The number of alkyl halides is 1. The van der Waals surface area contributed by atoms with E-state index in [2.05, 4.69) is 23.5 Å². The molecule has 0 amide bonds. The Balaban J connectivity index is 2.03. The van der Waals surface area contributed by atoms with Crippen LogP contribution in [0.3, 0.4) is 0 Å². The fraction of sp³-hybridized carbons (Fsp3) is 0.733. The van der Waals surface area contributed by atoms with Crippen LogP contribution in [-0.4, -0.2) is 32.0 Å². The number of hydrogen-bond donors (Lipinski definition) is 0. The molecule has 2 atom stereocenters. The summed E-state index contributed by atoms with van der Waals surface area (Å²) in [6, 6.07) is 0. The van der Waals surface area contributed by atoms with E-state index in [1.165, 1.54) is 0 Å². The number of halogens is 1. The highest BCUT2D eigenvalue weighted by molar-refractivity contribution is 6.16. The third-order valence-corrected chi connectivity index (χ3v) is 4.67. The van der Waals surface area contributed by atoms with Crippen molar-refractivity contribution in [1.82, 2.24) is 19.3 Å². The molecule has 1 aliphatic rings. The Bertz CT molecular complexity index is 633. The monoisotopic (exact) mass is 310 g/mol. The number of rotatable bonds is 5. The van der Waals surface area contributed by atoms with Gasteiger partial charge in [-0.2, -0.15) is 5.10 Å². The standard InChI is InChI=1S/C15H23ClN4O/c1-4-5-12-14-15(19(3)18-12)20(13(8-16)17-14)9-11-6-7-21-10(11)2/h10-11H,4-9H2,1-3H3. The van der Waals surface area contributed by atoms with Gasteiger partial charge in [0.1, 0.15) is 11.3 Å². The fourth-order valence-electron chi connectivity index (χ4n) is 3.24. The molecule has 116 valence electrons. The second-order valence-electron chi connectivity index (χ2n) is 5.89. The zero-order chi connectivity index (χ0) is 15.0. The van der Waals surface area contributed by atoms with Gasteiger partial charge in [-0.1, -0.05) is 13.3 Å². The van der Waals surface area contributed by atoms with Crippen molar-refractivity contribution in [2.24, 2.45) is 13.0 Å². The molecule has 0 saturated carbocycles. The first kappa shape index (κ1) is 14.9. The molecule has 0 radical (unpaired) electrons. The lowest BCUT2D eigenvalue weighted by Crippen LogP contribution is -2.20. The van der Waals surface area contributed by atoms with Crippen molar-refractivity contribution in [3.8, 4) is 0 Å². The first-order chi connectivity index (χ1) is 10.2. The van der Waals surface area contributed by atoms with E-state index in [1.807, 2.05) is 11.7 Å². The molecular formula is C15H23ClN4O. The Hall–Kier alpha value is -1.07. The van der Waals surface area contributed by atoms with Gasteiger partial charge in [-0.15, -0.1) is 11.6 Å². The molecule has 0 aromatic carbocycles. The van der Waals surface area contributed by atoms with Gasteiger partial charge in [0.15, 0.2) is 5.65 Å². The predicted molar refractivity (Wildman–Crippen MR) is 83.6 cm³/mol. The van der Waals surface area contributed by atoms with E-state index in [9.17, 15) is 0 Å². The van der Waals surface area contributed by atoms with E-state index in [0.717, 1.165) is 55.1 Å². The van der Waals surface area contributed by atoms with Crippen molar-refractivity contribution in [3.05, 3.63) is 11.5 Å². The molecule has 1 fully saturated rings. The average molecular weight is 311 g/mol. The molecule has 2 aromatic rings. The highest BCUT2D eigenvalue weighted by Gasteiger charge is 2.27. The number of hydrogen-bond acceptors (Lipinski definition) is 3. The molecular weight excluding hydrogens is 288 g/mol. The first-order valence-corrected chi connectivity index (χ1v) is 8.27. The van der Waals surface area contributed by atoms with Gasteiger partial charge in [-0.3, -0.25) is 4.68 Å². The van der Waals surface area contributed by atoms with Crippen molar-refractivity contribution >= 4 is 22.8 Å². The lowest BCUT2D eigenvalue weighted by molar-refractivity contribution is 0.102. The summed E-state index contributed by atoms with van der Waals surface area (Å²) in [5, 5.41) is 4.63. The second-order valence-corrected chi connectivity index (χ2v) is 6.16. The third-order valence-electron chi connectivity index (χ3n) is 4.43. The summed E-state index contributed by atoms with van der Waals surface area (Å²) in [7, 11) is 1.99. The van der Waals surface area contributed by atoms with Crippen LogP contribution < -0.4 is 0 Å². The lowest BCUT2D eigenvalue weighted by Gasteiger charge is -2.16. The van der Waals surface area contributed by atoms with E-state index in [-0.39, 0.29) is 0 Å². The minimum atomic E-state index is 0.300. The zero-order valence-electron chi connectivity index (χ0n) is 13.0. The highest BCUT2D eigenvalue weighted by Crippen LogP contribution is 2.27. The summed E-state index contributed by atoms with van der Waals surface area (Å²) >= 11 is 6.12. The molecule has 2 unspecified atom stereocenters. The van der Waals surface area contributed by atoms with Crippen molar-refractivity contribution in [2.45, 2.75) is 51.6 Å². The van der Waals surface area contributed by atoms with Gasteiger partial charge in [-0.05, 0) is 19.8 Å². The van der Waals surface area contributed by atoms with Gasteiger partial charge in [0, 0.05) is 26.1 Å². The predicted octanol–water partition coefficient (Wildman–Crippen LogP) is 2.89. The number of fused-ring (bicyclic) bond motifs is 1. The van der Waals surface area contributed by atoms with Crippen LogP contribution in [0.25, 0.3) is 11.2 Å². The molecule has 0 N–H and O–H groups in total. The normalized spacial score (nSPS) is 22.5. The Morgan fingerprint density at radius 3 is 2.86 bits per heavy atom. The van der Waals surface area contributed by atoms with Crippen molar-refractivity contribution in [1.29, 1.82) is 0 Å². The number of nitrogens with zero attached hydrogens (tertiary/aromatic N) is 4. The molecule has 0 bridgehead atoms. The van der Waals surface area contributed by atoms with Gasteiger partial charge in [0.2, 0.25) is 0 Å². The number of aryl methyl sites for hydroxylation is 2. The molecule has 0 aliphatic carbocycles. The molecule has 0 spiro atoms. The summed E-state index contributed by atoms with van der Waals surface area (Å²) < 4.78 is 9.87. The molecule has 5 nitrogen and oxygen atoms in total. The van der Waals surface area contributed by atoms with Crippen LogP contribution in [0.1, 0.15) is 38.2 Å². The van der Waals surface area contributed by atoms with Crippen molar-refractivity contribution in [3.63, 3.8) is 0 Å². The quantitative estimate of drug-likeness (QED) is 0.798. The van der Waals surface area contributed by atoms with Crippen LogP contribution in [0, 0.1) is 5.92 Å². The summed E-state index contributed by atoms with van der Waals surface area (Å²) in [6.07, 6.45) is 3.43. The number of aromatic nitrogens is 4. The van der Waals surface area contributed by atoms with E-state index < -0.39 is 0 Å². The topological polar surface area (TPSA) is 44.9 Å². The van der Waals surface area contributed by atoms with E-state index in [1.54, 1.807) is 0 Å². The van der Waals surface area contributed by atoms with Crippen LogP contribution in [0.5, 0.6) is 0 Å². The van der Waals surface area contributed by atoms with Crippen LogP contribution >= 0.6 is 11.6 Å². The minimum Gasteiger partial charge on any atom is -0.378 e. The maximum atomic E-state index is 6.12. The minimum absolute atomic E-state index is 0.300. The van der Waals surface area contributed by atoms with Crippen molar-refractivity contribution in [2.75, 3.05) is 6.61 Å². The van der Waals surface area contributed by atoms with Gasteiger partial charge >= 0.3 is 0 Å². The Labute approximate surface area is 130 Å². The SMILES string of the molecule is CCCc1nn(C)c2c1nc(CCl)n2CC1CCOC1C. The van der Waals surface area contributed by atoms with Crippen molar-refractivity contribution < 1.29 is 4.74 Å². The molecule has 2 aromatic heterocycles. The molecule has 21 heavy (non-hydrogen) atoms. The largest absolute Gasteiger partial charge is 0.378 e. The molecule has 1 saturated heterocycles.